The number of rotatable bonds is 4. The summed E-state index contributed by atoms with van der Waals surface area (Å²) in [6.07, 6.45) is 4.71. The fraction of sp³-hybridized carbons (Fsp3) is 0.273. The average molecular weight is 473 g/mol. The number of carbonyl (C=O) groups is 1. The van der Waals surface area contributed by atoms with Gasteiger partial charge in [0.25, 0.3) is 0 Å². The molecule has 3 N–H and O–H groups in total. The van der Waals surface area contributed by atoms with Gasteiger partial charge in [-0.25, -0.2) is 9.82 Å². The monoisotopic (exact) mass is 472 g/mol. The highest BCUT2D eigenvalue weighted by Gasteiger charge is 2.44. The first kappa shape index (κ1) is 21.1. The predicted molar refractivity (Wildman–Crippen MR) is 125 cm³/mol. The van der Waals surface area contributed by atoms with Gasteiger partial charge in [0.2, 0.25) is 5.91 Å². The SMILES string of the molecule is Cc1ccc(NC(=O)CSC2=NNC3C4CC(c5ccc(F)cc5)NN4C=CN23)c(Cl)c1. The van der Waals surface area contributed by atoms with E-state index in [4.69, 9.17) is 11.6 Å². The molecule has 7 nitrogen and oxygen atoms in total. The first-order valence-corrected chi connectivity index (χ1v) is 11.6. The van der Waals surface area contributed by atoms with E-state index in [1.165, 1.54) is 23.9 Å². The smallest absolute Gasteiger partial charge is 0.234 e. The molecule has 10 heteroatoms. The van der Waals surface area contributed by atoms with Gasteiger partial charge in [-0.2, -0.15) is 5.10 Å². The van der Waals surface area contributed by atoms with Crippen molar-refractivity contribution in [3.8, 4) is 0 Å². The summed E-state index contributed by atoms with van der Waals surface area (Å²) < 4.78 is 13.3. The standard InChI is InChI=1S/C22H22ClFN6OS/c1-13-2-7-17(16(23)10-13)25-20(31)12-32-22-27-26-21-19-11-18(14-3-5-15(24)6-4-14)28-30(19)9-8-29(21)22/h2-10,18-19,21,26,28H,11-12H2,1H3,(H,25,31). The summed E-state index contributed by atoms with van der Waals surface area (Å²) in [5.41, 5.74) is 9.34. The molecule has 1 fully saturated rings. The summed E-state index contributed by atoms with van der Waals surface area (Å²) in [5, 5.41) is 10.6. The number of thioether (sulfide) groups is 1. The van der Waals surface area contributed by atoms with E-state index >= 15 is 0 Å². The second-order valence-electron chi connectivity index (χ2n) is 7.94. The number of hydrogen-bond donors (Lipinski definition) is 3. The van der Waals surface area contributed by atoms with Crippen molar-refractivity contribution in [3.63, 3.8) is 0 Å². The van der Waals surface area contributed by atoms with Crippen LogP contribution in [-0.2, 0) is 4.79 Å². The molecule has 32 heavy (non-hydrogen) atoms. The van der Waals surface area contributed by atoms with Gasteiger partial charge in [-0.15, -0.1) is 0 Å². The molecule has 0 spiro atoms. The topological polar surface area (TPSA) is 72.0 Å². The van der Waals surface area contributed by atoms with Crippen molar-refractivity contribution in [1.82, 2.24) is 20.8 Å². The van der Waals surface area contributed by atoms with Crippen molar-refractivity contribution >= 4 is 40.1 Å². The fourth-order valence-corrected chi connectivity index (χ4v) is 5.16. The molecule has 0 saturated carbocycles. The van der Waals surface area contributed by atoms with Gasteiger partial charge in [0.05, 0.1) is 28.5 Å². The van der Waals surface area contributed by atoms with Crippen molar-refractivity contribution in [2.75, 3.05) is 11.1 Å². The highest BCUT2D eigenvalue weighted by molar-refractivity contribution is 8.14. The van der Waals surface area contributed by atoms with Crippen LogP contribution in [-0.4, -0.2) is 38.9 Å². The second kappa shape index (κ2) is 8.65. The van der Waals surface area contributed by atoms with E-state index in [0.29, 0.717) is 10.7 Å². The summed E-state index contributed by atoms with van der Waals surface area (Å²) in [4.78, 5) is 14.5. The molecule has 0 bridgehead atoms. The maximum atomic E-state index is 13.3. The van der Waals surface area contributed by atoms with Crippen LogP contribution in [0.2, 0.25) is 5.02 Å². The zero-order chi connectivity index (χ0) is 22.2. The zero-order valence-corrected chi connectivity index (χ0v) is 18.8. The number of hydrogen-bond acceptors (Lipinski definition) is 7. The Bertz CT molecular complexity index is 1090. The Kier molecular flexibility index (Phi) is 5.71. The lowest BCUT2D eigenvalue weighted by molar-refractivity contribution is -0.113. The van der Waals surface area contributed by atoms with Gasteiger partial charge in [0.1, 0.15) is 12.0 Å². The van der Waals surface area contributed by atoms with Gasteiger partial charge in [-0.1, -0.05) is 41.6 Å². The van der Waals surface area contributed by atoms with Gasteiger partial charge in [0, 0.05) is 12.4 Å². The first-order valence-electron chi connectivity index (χ1n) is 10.3. The molecule has 0 aromatic heterocycles. The quantitative estimate of drug-likeness (QED) is 0.629. The molecule has 3 unspecified atom stereocenters. The van der Waals surface area contributed by atoms with Crippen LogP contribution >= 0.6 is 23.4 Å². The summed E-state index contributed by atoms with van der Waals surface area (Å²) in [6, 6.07) is 12.3. The molecule has 3 aliphatic rings. The number of anilines is 1. The number of hydrazone groups is 1. The van der Waals surface area contributed by atoms with E-state index < -0.39 is 0 Å². The number of nitrogens with one attached hydrogen (secondary N) is 3. The minimum absolute atomic E-state index is 0.0462. The molecule has 0 radical (unpaired) electrons. The molecule has 3 heterocycles. The molecule has 1 saturated heterocycles. The number of halogens is 2. The van der Waals surface area contributed by atoms with Crippen LogP contribution in [0.5, 0.6) is 0 Å². The van der Waals surface area contributed by atoms with E-state index in [0.717, 1.165) is 22.7 Å². The van der Waals surface area contributed by atoms with Crippen molar-refractivity contribution in [2.24, 2.45) is 5.10 Å². The third kappa shape index (κ3) is 4.15. The first-order chi connectivity index (χ1) is 15.5. The molecule has 2 aromatic carbocycles. The van der Waals surface area contributed by atoms with Gasteiger partial charge < -0.3 is 15.2 Å². The van der Waals surface area contributed by atoms with Crippen LogP contribution < -0.4 is 16.2 Å². The number of aryl methyl sites for hydroxylation is 1. The van der Waals surface area contributed by atoms with E-state index in [1.54, 1.807) is 6.07 Å². The Morgan fingerprint density at radius 2 is 2.09 bits per heavy atom. The normalized spacial score (nSPS) is 23.5. The number of benzene rings is 2. The Morgan fingerprint density at radius 1 is 1.28 bits per heavy atom. The number of fused-ring (bicyclic) bond motifs is 3. The largest absolute Gasteiger partial charge is 0.324 e. The lowest BCUT2D eigenvalue weighted by Gasteiger charge is -2.36. The van der Waals surface area contributed by atoms with Crippen LogP contribution in [0.15, 0.2) is 60.0 Å². The van der Waals surface area contributed by atoms with Crippen LogP contribution in [0.3, 0.4) is 0 Å². The fourth-order valence-electron chi connectivity index (χ4n) is 4.10. The van der Waals surface area contributed by atoms with Gasteiger partial charge >= 0.3 is 0 Å². The third-order valence-electron chi connectivity index (χ3n) is 5.71. The van der Waals surface area contributed by atoms with Crippen LogP contribution in [0, 0.1) is 12.7 Å². The van der Waals surface area contributed by atoms with Crippen molar-refractivity contribution in [2.45, 2.75) is 31.6 Å². The van der Waals surface area contributed by atoms with Gasteiger partial charge in [-0.05, 0) is 48.7 Å². The van der Waals surface area contributed by atoms with Crippen LogP contribution in [0.4, 0.5) is 10.1 Å². The highest BCUT2D eigenvalue weighted by Crippen LogP contribution is 2.35. The Labute approximate surface area is 194 Å². The second-order valence-corrected chi connectivity index (χ2v) is 9.29. The lowest BCUT2D eigenvalue weighted by Crippen LogP contribution is -2.54. The maximum Gasteiger partial charge on any atom is 0.234 e. The summed E-state index contributed by atoms with van der Waals surface area (Å²) >= 11 is 7.57. The average Bonchev–Trinajstić information content (AvgIpc) is 3.38. The molecular weight excluding hydrogens is 451 g/mol. The summed E-state index contributed by atoms with van der Waals surface area (Å²) in [6.45, 7) is 1.95. The number of amides is 1. The Balaban J connectivity index is 1.18. The van der Waals surface area contributed by atoms with Crippen molar-refractivity contribution in [1.29, 1.82) is 0 Å². The minimum Gasteiger partial charge on any atom is -0.324 e. The Morgan fingerprint density at radius 3 is 2.88 bits per heavy atom. The highest BCUT2D eigenvalue weighted by atomic mass is 35.5. The molecule has 1 amide bonds. The summed E-state index contributed by atoms with van der Waals surface area (Å²) in [5.74, 6) is -0.169. The minimum atomic E-state index is -0.239. The third-order valence-corrected chi connectivity index (χ3v) is 6.99. The maximum absolute atomic E-state index is 13.3. The van der Waals surface area contributed by atoms with E-state index in [-0.39, 0.29) is 35.7 Å². The molecule has 0 aliphatic carbocycles. The van der Waals surface area contributed by atoms with E-state index in [9.17, 15) is 9.18 Å². The predicted octanol–water partition coefficient (Wildman–Crippen LogP) is 3.77. The number of amidine groups is 1. The molecule has 2 aromatic rings. The number of nitrogens with zero attached hydrogens (tertiary/aromatic N) is 3. The zero-order valence-electron chi connectivity index (χ0n) is 17.3. The summed E-state index contributed by atoms with van der Waals surface area (Å²) in [7, 11) is 0. The molecule has 3 atom stereocenters. The number of carbonyl (C=O) groups excluding carboxylic acids is 1. The van der Waals surface area contributed by atoms with Crippen LogP contribution in [0.25, 0.3) is 0 Å². The van der Waals surface area contributed by atoms with Crippen LogP contribution in [0.1, 0.15) is 23.6 Å². The molecule has 166 valence electrons. The lowest BCUT2D eigenvalue weighted by atomic mass is 10.00. The van der Waals surface area contributed by atoms with Gasteiger partial charge in [-0.3, -0.25) is 10.2 Å². The number of hydrazine groups is 1. The van der Waals surface area contributed by atoms with Gasteiger partial charge in [0.15, 0.2) is 5.17 Å². The molecular formula is C22H22ClFN6OS. The van der Waals surface area contributed by atoms with Crippen molar-refractivity contribution < 1.29 is 9.18 Å². The Hall–Kier alpha value is -2.75. The van der Waals surface area contributed by atoms with E-state index in [1.807, 2.05) is 48.5 Å². The molecule has 5 rings (SSSR count). The van der Waals surface area contributed by atoms with E-state index in [2.05, 4.69) is 26.3 Å². The molecule has 3 aliphatic heterocycles. The van der Waals surface area contributed by atoms with Crippen molar-refractivity contribution in [3.05, 3.63) is 76.8 Å².